The topological polar surface area (TPSA) is 73.0 Å². The van der Waals surface area contributed by atoms with Gasteiger partial charge in [-0.15, -0.1) is 0 Å². The lowest BCUT2D eigenvalue weighted by molar-refractivity contribution is -0.139. The highest BCUT2D eigenvalue weighted by atomic mass is 35.5. The predicted octanol–water partition coefficient (Wildman–Crippen LogP) is 1.71. The van der Waals surface area contributed by atoms with Crippen LogP contribution in [0.1, 0.15) is 19.8 Å². The van der Waals surface area contributed by atoms with E-state index in [4.69, 9.17) is 11.6 Å². The second kappa shape index (κ2) is 6.71. The van der Waals surface area contributed by atoms with Crippen molar-refractivity contribution >= 4 is 35.1 Å². The number of amides is 4. The molecule has 1 N–H and O–H groups in total. The first-order chi connectivity index (χ1) is 12.9. The van der Waals surface area contributed by atoms with E-state index in [1.165, 1.54) is 0 Å². The van der Waals surface area contributed by atoms with Gasteiger partial charge in [-0.2, -0.15) is 0 Å². The Morgan fingerprint density at radius 3 is 2.56 bits per heavy atom. The van der Waals surface area contributed by atoms with Crippen LogP contribution in [-0.2, 0) is 9.59 Å². The first kappa shape index (κ1) is 18.1. The van der Waals surface area contributed by atoms with Crippen LogP contribution in [0.15, 0.2) is 24.3 Å². The van der Waals surface area contributed by atoms with E-state index in [1.54, 1.807) is 11.8 Å². The zero-order valence-electron chi connectivity index (χ0n) is 15.3. The van der Waals surface area contributed by atoms with Crippen LogP contribution < -0.4 is 10.2 Å². The molecule has 4 amide bonds. The molecule has 7 nitrogen and oxygen atoms in total. The number of carbonyl (C=O) groups excluding carboxylic acids is 3. The van der Waals surface area contributed by atoms with Gasteiger partial charge in [-0.3, -0.25) is 14.5 Å². The van der Waals surface area contributed by atoms with E-state index >= 15 is 0 Å². The molecule has 3 aliphatic rings. The van der Waals surface area contributed by atoms with Crippen LogP contribution in [0.4, 0.5) is 10.5 Å². The van der Waals surface area contributed by atoms with E-state index in [-0.39, 0.29) is 24.3 Å². The molecule has 2 heterocycles. The minimum Gasteiger partial charge on any atom is -0.368 e. The monoisotopic (exact) mass is 390 g/mol. The van der Waals surface area contributed by atoms with Crippen molar-refractivity contribution < 1.29 is 14.4 Å². The highest BCUT2D eigenvalue weighted by Crippen LogP contribution is 2.42. The van der Waals surface area contributed by atoms with E-state index in [0.717, 1.165) is 23.4 Å². The standard InChI is InChI=1S/C19H23ClN4O3/c1-19(13-5-6-13)17(26)24(18(27)21-19)12-16(25)23-9-7-22(8-10-23)15-4-2-3-14(20)11-15/h2-4,11,13H,5-10,12H2,1H3,(H,21,27). The highest BCUT2D eigenvalue weighted by molar-refractivity contribution is 6.30. The van der Waals surface area contributed by atoms with Gasteiger partial charge in [-0.25, -0.2) is 4.79 Å². The lowest BCUT2D eigenvalue weighted by atomic mass is 9.96. The molecule has 1 unspecified atom stereocenters. The maximum absolute atomic E-state index is 12.7. The number of nitrogens with zero attached hydrogens (tertiary/aromatic N) is 3. The fourth-order valence-corrected chi connectivity index (χ4v) is 4.10. The first-order valence-electron chi connectivity index (χ1n) is 9.31. The number of piperazine rings is 1. The van der Waals surface area contributed by atoms with Gasteiger partial charge in [0.15, 0.2) is 0 Å². The van der Waals surface area contributed by atoms with Gasteiger partial charge in [-0.1, -0.05) is 17.7 Å². The summed E-state index contributed by atoms with van der Waals surface area (Å²) in [6.45, 7) is 4.05. The van der Waals surface area contributed by atoms with Gasteiger partial charge in [-0.05, 0) is 43.9 Å². The van der Waals surface area contributed by atoms with Gasteiger partial charge in [0.2, 0.25) is 5.91 Å². The Morgan fingerprint density at radius 2 is 1.93 bits per heavy atom. The molecule has 3 fully saturated rings. The zero-order chi connectivity index (χ0) is 19.2. The Kier molecular flexibility index (Phi) is 4.50. The van der Waals surface area contributed by atoms with Crippen LogP contribution in [-0.4, -0.2) is 65.9 Å². The van der Waals surface area contributed by atoms with Crippen LogP contribution in [0.5, 0.6) is 0 Å². The number of hydrogen-bond donors (Lipinski definition) is 1. The van der Waals surface area contributed by atoms with E-state index in [0.29, 0.717) is 31.2 Å². The second-order valence-corrected chi connectivity index (χ2v) is 8.08. The molecule has 144 valence electrons. The Bertz CT molecular complexity index is 789. The Balaban J connectivity index is 1.35. The van der Waals surface area contributed by atoms with Gasteiger partial charge in [0.05, 0.1) is 0 Å². The number of benzene rings is 1. The predicted molar refractivity (Wildman–Crippen MR) is 102 cm³/mol. The average Bonchev–Trinajstić information content (AvgIpc) is 3.48. The molecule has 1 aromatic rings. The third-order valence-corrected chi connectivity index (χ3v) is 6.03. The summed E-state index contributed by atoms with van der Waals surface area (Å²) in [6.07, 6.45) is 1.88. The number of imide groups is 1. The number of carbonyl (C=O) groups is 3. The molecule has 1 aliphatic carbocycles. The molecule has 2 aliphatic heterocycles. The van der Waals surface area contributed by atoms with Crippen molar-refractivity contribution in [1.82, 2.24) is 15.1 Å². The minimum atomic E-state index is -0.845. The Morgan fingerprint density at radius 1 is 1.22 bits per heavy atom. The lowest BCUT2D eigenvalue weighted by Crippen LogP contribution is -2.52. The Labute approximate surface area is 163 Å². The molecule has 1 aromatic carbocycles. The summed E-state index contributed by atoms with van der Waals surface area (Å²) in [4.78, 5) is 42.5. The molecular weight excluding hydrogens is 368 g/mol. The summed E-state index contributed by atoms with van der Waals surface area (Å²) >= 11 is 6.05. The minimum absolute atomic E-state index is 0.190. The van der Waals surface area contributed by atoms with Crippen molar-refractivity contribution in [3.63, 3.8) is 0 Å². The Hall–Kier alpha value is -2.28. The van der Waals surface area contributed by atoms with E-state index < -0.39 is 11.6 Å². The summed E-state index contributed by atoms with van der Waals surface area (Å²) in [6, 6.07) is 7.18. The van der Waals surface area contributed by atoms with Gasteiger partial charge in [0.1, 0.15) is 12.1 Å². The van der Waals surface area contributed by atoms with Crippen LogP contribution in [0.25, 0.3) is 0 Å². The number of rotatable bonds is 4. The van der Waals surface area contributed by atoms with E-state index in [9.17, 15) is 14.4 Å². The highest BCUT2D eigenvalue weighted by Gasteiger charge is 2.56. The molecule has 4 rings (SSSR count). The molecule has 0 spiro atoms. The van der Waals surface area contributed by atoms with Crippen LogP contribution >= 0.6 is 11.6 Å². The SMILES string of the molecule is CC1(C2CC2)NC(=O)N(CC(=O)N2CCN(c3cccc(Cl)c3)CC2)C1=O. The number of urea groups is 1. The quantitative estimate of drug-likeness (QED) is 0.794. The molecule has 2 saturated heterocycles. The van der Waals surface area contributed by atoms with Crippen molar-refractivity contribution in [1.29, 1.82) is 0 Å². The summed E-state index contributed by atoms with van der Waals surface area (Å²) in [7, 11) is 0. The number of nitrogens with one attached hydrogen (secondary N) is 1. The molecule has 27 heavy (non-hydrogen) atoms. The molecule has 8 heteroatoms. The van der Waals surface area contributed by atoms with Gasteiger partial charge < -0.3 is 15.1 Å². The zero-order valence-corrected chi connectivity index (χ0v) is 16.0. The van der Waals surface area contributed by atoms with Crippen LogP contribution in [0.3, 0.4) is 0 Å². The van der Waals surface area contributed by atoms with Crippen molar-refractivity contribution in [2.75, 3.05) is 37.6 Å². The van der Waals surface area contributed by atoms with Crippen LogP contribution in [0, 0.1) is 5.92 Å². The second-order valence-electron chi connectivity index (χ2n) is 7.65. The maximum atomic E-state index is 12.7. The lowest BCUT2D eigenvalue weighted by Gasteiger charge is -2.36. The summed E-state index contributed by atoms with van der Waals surface area (Å²) < 4.78 is 0. The third-order valence-electron chi connectivity index (χ3n) is 5.79. The molecule has 0 bridgehead atoms. The number of hydrogen-bond acceptors (Lipinski definition) is 4. The molecule has 1 atom stereocenters. The fourth-order valence-electron chi connectivity index (χ4n) is 3.92. The third kappa shape index (κ3) is 3.36. The number of halogens is 1. The molecule has 0 aromatic heterocycles. The van der Waals surface area contributed by atoms with Crippen molar-refractivity contribution in [3.05, 3.63) is 29.3 Å². The van der Waals surface area contributed by atoms with Gasteiger partial charge in [0.25, 0.3) is 5.91 Å². The summed E-state index contributed by atoms with van der Waals surface area (Å²) in [5, 5.41) is 3.46. The summed E-state index contributed by atoms with van der Waals surface area (Å²) in [5.41, 5.74) is 0.187. The van der Waals surface area contributed by atoms with Crippen molar-refractivity contribution in [2.45, 2.75) is 25.3 Å². The molecule has 1 saturated carbocycles. The normalized spacial score (nSPS) is 25.8. The van der Waals surface area contributed by atoms with Crippen molar-refractivity contribution in [2.24, 2.45) is 5.92 Å². The average molecular weight is 391 g/mol. The first-order valence-corrected chi connectivity index (χ1v) is 9.68. The fraction of sp³-hybridized carbons (Fsp3) is 0.526. The largest absolute Gasteiger partial charge is 0.368 e. The smallest absolute Gasteiger partial charge is 0.325 e. The summed E-state index contributed by atoms with van der Waals surface area (Å²) in [5.74, 6) is -0.277. The van der Waals surface area contributed by atoms with Gasteiger partial charge >= 0.3 is 6.03 Å². The molecule has 0 radical (unpaired) electrons. The number of anilines is 1. The van der Waals surface area contributed by atoms with Crippen molar-refractivity contribution in [3.8, 4) is 0 Å². The molecular formula is C19H23ClN4O3. The maximum Gasteiger partial charge on any atom is 0.325 e. The van der Waals surface area contributed by atoms with E-state index in [1.807, 2.05) is 24.3 Å². The van der Waals surface area contributed by atoms with Crippen LogP contribution in [0.2, 0.25) is 5.02 Å². The van der Waals surface area contributed by atoms with Gasteiger partial charge in [0, 0.05) is 36.9 Å². The van der Waals surface area contributed by atoms with E-state index in [2.05, 4.69) is 10.2 Å².